The smallest absolute Gasteiger partial charge is 0.317 e. The average molecular weight is 241 g/mol. The Balaban J connectivity index is 2.85. The van der Waals surface area contributed by atoms with Crippen molar-refractivity contribution >= 4 is 5.97 Å². The van der Waals surface area contributed by atoms with Gasteiger partial charge in [0.2, 0.25) is 0 Å². The second kappa shape index (κ2) is 6.10. The van der Waals surface area contributed by atoms with Gasteiger partial charge >= 0.3 is 5.97 Å². The normalized spacial score (nSPS) is 10.5. The summed E-state index contributed by atoms with van der Waals surface area (Å²) in [6.07, 6.45) is 1.49. The van der Waals surface area contributed by atoms with Crippen LogP contribution in [0.4, 0.5) is 8.78 Å². The predicted octanol–water partition coefficient (Wildman–Crippen LogP) is 2.04. The molecule has 1 N–H and O–H groups in total. The van der Waals surface area contributed by atoms with Crippen molar-refractivity contribution in [3.05, 3.63) is 48.1 Å². The van der Waals surface area contributed by atoms with E-state index in [0.717, 1.165) is 12.1 Å². The monoisotopic (exact) mass is 241 g/mol. The topological polar surface area (TPSA) is 40.5 Å². The van der Waals surface area contributed by atoms with E-state index in [1.165, 1.54) is 17.0 Å². The number of halogens is 2. The third kappa shape index (κ3) is 3.96. The molecule has 17 heavy (non-hydrogen) atoms. The summed E-state index contributed by atoms with van der Waals surface area (Å²) in [6, 6.07) is 3.56. The van der Waals surface area contributed by atoms with Gasteiger partial charge in [0.15, 0.2) is 0 Å². The molecular weight excluding hydrogens is 228 g/mol. The van der Waals surface area contributed by atoms with E-state index in [0.29, 0.717) is 0 Å². The molecule has 1 rings (SSSR count). The van der Waals surface area contributed by atoms with Crippen molar-refractivity contribution in [3.8, 4) is 0 Å². The van der Waals surface area contributed by atoms with Crippen LogP contribution in [0.15, 0.2) is 30.9 Å². The molecule has 0 spiro atoms. The first-order valence-corrected chi connectivity index (χ1v) is 5.02. The molecule has 0 heterocycles. The van der Waals surface area contributed by atoms with E-state index in [9.17, 15) is 13.6 Å². The molecule has 0 radical (unpaired) electrons. The number of aliphatic carboxylic acids is 1. The number of carboxylic acids is 1. The molecule has 0 saturated carbocycles. The van der Waals surface area contributed by atoms with E-state index in [-0.39, 0.29) is 25.2 Å². The van der Waals surface area contributed by atoms with Gasteiger partial charge in [-0.15, -0.1) is 6.58 Å². The highest BCUT2D eigenvalue weighted by Crippen LogP contribution is 2.14. The van der Waals surface area contributed by atoms with Crippen molar-refractivity contribution in [2.45, 2.75) is 6.54 Å². The highest BCUT2D eigenvalue weighted by molar-refractivity contribution is 5.69. The molecule has 0 fully saturated rings. The van der Waals surface area contributed by atoms with Gasteiger partial charge in [-0.3, -0.25) is 9.69 Å². The lowest BCUT2D eigenvalue weighted by atomic mass is 10.2. The molecule has 5 heteroatoms. The Morgan fingerprint density at radius 1 is 1.41 bits per heavy atom. The fourth-order valence-corrected chi connectivity index (χ4v) is 1.47. The first-order chi connectivity index (χ1) is 8.04. The molecule has 0 aliphatic heterocycles. The second-order valence-corrected chi connectivity index (χ2v) is 3.55. The zero-order valence-corrected chi connectivity index (χ0v) is 9.20. The molecule has 1 aromatic rings. The lowest BCUT2D eigenvalue weighted by Gasteiger charge is -2.18. The first-order valence-electron chi connectivity index (χ1n) is 5.02. The van der Waals surface area contributed by atoms with Gasteiger partial charge in [0.1, 0.15) is 11.6 Å². The molecule has 1 aromatic carbocycles. The number of benzene rings is 1. The molecule has 0 amide bonds. The maximum atomic E-state index is 13.3. The van der Waals surface area contributed by atoms with Crippen molar-refractivity contribution in [3.63, 3.8) is 0 Å². The Morgan fingerprint density at radius 2 is 2.00 bits per heavy atom. The van der Waals surface area contributed by atoms with Gasteiger partial charge in [0.25, 0.3) is 0 Å². The maximum Gasteiger partial charge on any atom is 0.317 e. The molecule has 0 bridgehead atoms. The van der Waals surface area contributed by atoms with Crippen molar-refractivity contribution in [1.82, 2.24) is 4.90 Å². The van der Waals surface area contributed by atoms with Gasteiger partial charge in [-0.25, -0.2) is 8.78 Å². The van der Waals surface area contributed by atoms with E-state index in [4.69, 9.17) is 5.11 Å². The standard InChI is InChI=1S/C12H13F2NO2/c1-2-6-15(8-12(16)17)7-9-10(13)4-3-5-11(9)14/h2-5H,1,6-8H2,(H,16,17). The minimum absolute atomic E-state index is 0.100. The number of hydrogen-bond donors (Lipinski definition) is 1. The van der Waals surface area contributed by atoms with Crippen LogP contribution in [0.1, 0.15) is 5.56 Å². The third-order valence-electron chi connectivity index (χ3n) is 2.19. The number of nitrogens with zero attached hydrogens (tertiary/aromatic N) is 1. The highest BCUT2D eigenvalue weighted by Gasteiger charge is 2.14. The molecule has 3 nitrogen and oxygen atoms in total. The molecule has 0 aromatic heterocycles. The summed E-state index contributed by atoms with van der Waals surface area (Å²) in [6.45, 7) is 3.33. The van der Waals surface area contributed by atoms with E-state index in [2.05, 4.69) is 6.58 Å². The number of hydrogen-bond acceptors (Lipinski definition) is 2. The van der Waals surface area contributed by atoms with Crippen LogP contribution in [0.3, 0.4) is 0 Å². The fourth-order valence-electron chi connectivity index (χ4n) is 1.47. The van der Waals surface area contributed by atoms with Gasteiger partial charge in [0.05, 0.1) is 6.54 Å². The SMILES string of the molecule is C=CCN(CC(=O)O)Cc1c(F)cccc1F. The van der Waals surface area contributed by atoms with Crippen LogP contribution >= 0.6 is 0 Å². The van der Waals surface area contributed by atoms with Gasteiger partial charge in [-0.05, 0) is 12.1 Å². The summed E-state index contributed by atoms with van der Waals surface area (Å²) in [5.41, 5.74) is -0.129. The Labute approximate surface area is 98.0 Å². The molecule has 0 aliphatic carbocycles. The predicted molar refractivity (Wildman–Crippen MR) is 59.5 cm³/mol. The molecule has 0 saturated heterocycles. The van der Waals surface area contributed by atoms with Crippen LogP contribution in [-0.4, -0.2) is 29.1 Å². The maximum absolute atomic E-state index is 13.3. The summed E-state index contributed by atoms with van der Waals surface area (Å²) in [7, 11) is 0. The molecule has 0 aliphatic rings. The zero-order valence-electron chi connectivity index (χ0n) is 9.20. The molecular formula is C12H13F2NO2. The minimum atomic E-state index is -1.05. The van der Waals surface area contributed by atoms with Crippen molar-refractivity contribution in [2.75, 3.05) is 13.1 Å². The van der Waals surface area contributed by atoms with Crippen LogP contribution in [0.5, 0.6) is 0 Å². The zero-order chi connectivity index (χ0) is 12.8. The first kappa shape index (κ1) is 13.3. The van der Waals surface area contributed by atoms with Gasteiger partial charge in [0, 0.05) is 18.7 Å². The summed E-state index contributed by atoms with van der Waals surface area (Å²) in [5, 5.41) is 8.66. The minimum Gasteiger partial charge on any atom is -0.480 e. The fraction of sp³-hybridized carbons (Fsp3) is 0.250. The van der Waals surface area contributed by atoms with E-state index in [1.54, 1.807) is 0 Å². The summed E-state index contributed by atoms with van der Waals surface area (Å²) >= 11 is 0. The Kier molecular flexibility index (Phi) is 4.78. The second-order valence-electron chi connectivity index (χ2n) is 3.55. The van der Waals surface area contributed by atoms with Gasteiger partial charge in [-0.2, -0.15) is 0 Å². The van der Waals surface area contributed by atoms with Crippen LogP contribution in [0, 0.1) is 11.6 Å². The highest BCUT2D eigenvalue weighted by atomic mass is 19.1. The Morgan fingerprint density at radius 3 is 2.47 bits per heavy atom. The van der Waals surface area contributed by atoms with Crippen LogP contribution < -0.4 is 0 Å². The van der Waals surface area contributed by atoms with E-state index < -0.39 is 17.6 Å². The van der Waals surface area contributed by atoms with Gasteiger partial charge < -0.3 is 5.11 Å². The summed E-state index contributed by atoms with van der Waals surface area (Å²) in [4.78, 5) is 12.0. The van der Waals surface area contributed by atoms with Crippen molar-refractivity contribution < 1.29 is 18.7 Å². The number of carbonyl (C=O) groups is 1. The third-order valence-corrected chi connectivity index (χ3v) is 2.19. The van der Waals surface area contributed by atoms with Gasteiger partial charge in [-0.1, -0.05) is 12.1 Å². The average Bonchev–Trinajstić information content (AvgIpc) is 2.23. The lowest BCUT2D eigenvalue weighted by Crippen LogP contribution is -2.30. The van der Waals surface area contributed by atoms with E-state index >= 15 is 0 Å². The van der Waals surface area contributed by atoms with Crippen LogP contribution in [0.25, 0.3) is 0 Å². The number of carboxylic acid groups (broad SMARTS) is 1. The van der Waals surface area contributed by atoms with E-state index in [1.807, 2.05) is 0 Å². The largest absolute Gasteiger partial charge is 0.480 e. The Hall–Kier alpha value is -1.75. The van der Waals surface area contributed by atoms with Crippen molar-refractivity contribution in [2.24, 2.45) is 0 Å². The molecule has 92 valence electrons. The lowest BCUT2D eigenvalue weighted by molar-refractivity contribution is -0.138. The number of rotatable bonds is 6. The molecule has 0 unspecified atom stereocenters. The molecule has 0 atom stereocenters. The summed E-state index contributed by atoms with van der Waals surface area (Å²) in [5.74, 6) is -2.41. The summed E-state index contributed by atoms with van der Waals surface area (Å²) < 4.78 is 26.7. The van der Waals surface area contributed by atoms with Crippen molar-refractivity contribution in [1.29, 1.82) is 0 Å². The Bertz CT molecular complexity index is 401. The quantitative estimate of drug-likeness (QED) is 0.775. The van der Waals surface area contributed by atoms with Crippen LogP contribution in [-0.2, 0) is 11.3 Å². The van der Waals surface area contributed by atoms with Crippen LogP contribution in [0.2, 0.25) is 0 Å².